The molecule has 43 heavy (non-hydrogen) atoms. The van der Waals surface area contributed by atoms with Gasteiger partial charge in [0.05, 0.1) is 14.7 Å². The summed E-state index contributed by atoms with van der Waals surface area (Å²) in [5.74, 6) is 0. The maximum atomic E-state index is 13.3. The minimum absolute atomic E-state index is 0.408. The normalized spacial score (nSPS) is 12.8. The molecule has 0 radical (unpaired) electrons. The average Bonchev–Trinajstić information content (AvgIpc) is 2.99. The van der Waals surface area contributed by atoms with Crippen molar-refractivity contribution in [2.24, 2.45) is 0 Å². The summed E-state index contributed by atoms with van der Waals surface area (Å²) in [5.41, 5.74) is 0. The van der Waals surface area contributed by atoms with Crippen LogP contribution in [0.25, 0.3) is 32.3 Å². The lowest BCUT2D eigenvalue weighted by atomic mass is 10.1. The SMILES string of the molecule is O=S(=O)(ON(OS(=O)(=O)c1ccc2ccccc2c1)OS(=O)(=O)c1ccc2ccccc2c1)c1ccc2ccccc2c1. The fraction of sp³-hybridized carbons (Fsp3) is 0. The van der Waals surface area contributed by atoms with E-state index in [4.69, 9.17) is 12.9 Å². The van der Waals surface area contributed by atoms with Gasteiger partial charge in [-0.3, -0.25) is 0 Å². The number of fused-ring (bicyclic) bond motifs is 3. The van der Waals surface area contributed by atoms with Gasteiger partial charge in [0.25, 0.3) is 0 Å². The van der Waals surface area contributed by atoms with Gasteiger partial charge in [0, 0.05) is 0 Å². The number of rotatable bonds is 9. The van der Waals surface area contributed by atoms with E-state index >= 15 is 0 Å². The highest BCUT2D eigenvalue weighted by atomic mass is 32.2. The first-order valence-corrected chi connectivity index (χ1v) is 16.8. The van der Waals surface area contributed by atoms with E-state index in [-0.39, 0.29) is 0 Å². The standard InChI is InChI=1S/C30H21NO9S3/c32-41(33,28-16-13-22-7-1-4-10-25(22)19-28)38-31(39-42(34,35)29-17-14-23-8-2-5-11-26(23)20-29)40-43(36,37)30-18-15-24-9-3-6-12-27(24)21-30/h1-21H. The Bertz CT molecular complexity index is 2080. The summed E-state index contributed by atoms with van der Waals surface area (Å²) in [6, 6.07) is 32.7. The van der Waals surface area contributed by atoms with Gasteiger partial charge in [-0.25, -0.2) is 0 Å². The lowest BCUT2D eigenvalue weighted by Gasteiger charge is -2.18. The van der Waals surface area contributed by atoms with Crippen molar-refractivity contribution >= 4 is 62.7 Å². The Labute approximate surface area is 247 Å². The summed E-state index contributed by atoms with van der Waals surface area (Å²) >= 11 is 0. The molecule has 218 valence electrons. The van der Waals surface area contributed by atoms with E-state index in [0.717, 1.165) is 16.2 Å². The summed E-state index contributed by atoms with van der Waals surface area (Å²) in [5, 5.41) is 3.25. The van der Waals surface area contributed by atoms with Crippen molar-refractivity contribution < 1.29 is 38.1 Å². The third kappa shape index (κ3) is 6.14. The van der Waals surface area contributed by atoms with E-state index in [2.05, 4.69) is 0 Å². The number of hydrogen-bond donors (Lipinski definition) is 0. The van der Waals surface area contributed by atoms with Crippen molar-refractivity contribution in [2.45, 2.75) is 14.7 Å². The zero-order chi connectivity index (χ0) is 30.2. The van der Waals surface area contributed by atoms with E-state index in [1.165, 1.54) is 54.6 Å². The molecule has 10 nitrogen and oxygen atoms in total. The van der Waals surface area contributed by atoms with Gasteiger partial charge < -0.3 is 0 Å². The molecular formula is C30H21NO9S3. The Morgan fingerprint density at radius 3 is 0.884 bits per heavy atom. The second-order valence-corrected chi connectivity index (χ2v) is 13.9. The molecule has 0 amide bonds. The molecule has 6 aromatic carbocycles. The molecule has 0 unspecified atom stereocenters. The number of benzene rings is 6. The Morgan fingerprint density at radius 1 is 0.349 bits per heavy atom. The van der Waals surface area contributed by atoms with Gasteiger partial charge in [-0.1, -0.05) is 91.0 Å². The average molecular weight is 636 g/mol. The number of hydrogen-bond acceptors (Lipinski definition) is 10. The predicted octanol–water partition coefficient (Wildman–Crippen LogP) is 5.71. The Balaban J connectivity index is 1.37. The summed E-state index contributed by atoms with van der Waals surface area (Å²) in [7, 11) is -14.6. The highest BCUT2D eigenvalue weighted by Crippen LogP contribution is 2.27. The second-order valence-electron chi connectivity index (χ2n) is 9.34. The van der Waals surface area contributed by atoms with Crippen molar-refractivity contribution in [3.05, 3.63) is 127 Å². The zero-order valence-corrected chi connectivity index (χ0v) is 24.4. The van der Waals surface area contributed by atoms with Crippen LogP contribution in [0.1, 0.15) is 0 Å². The predicted molar refractivity (Wildman–Crippen MR) is 158 cm³/mol. The van der Waals surface area contributed by atoms with Crippen molar-refractivity contribution in [2.75, 3.05) is 0 Å². The van der Waals surface area contributed by atoms with Crippen LogP contribution in [0.4, 0.5) is 0 Å². The topological polar surface area (TPSA) is 133 Å². The molecule has 6 aromatic rings. The molecule has 0 atom stereocenters. The molecule has 0 aliphatic carbocycles. The van der Waals surface area contributed by atoms with Crippen LogP contribution in [0.15, 0.2) is 142 Å². The molecule has 0 aliphatic rings. The first kappa shape index (κ1) is 28.9. The van der Waals surface area contributed by atoms with E-state index in [1.807, 2.05) is 0 Å². The maximum Gasteiger partial charge on any atom is 0.316 e. The van der Waals surface area contributed by atoms with E-state index < -0.39 is 50.4 Å². The molecular weight excluding hydrogens is 615 g/mol. The fourth-order valence-corrected chi connectivity index (χ4v) is 6.93. The van der Waals surface area contributed by atoms with E-state index in [1.54, 1.807) is 72.8 Å². The van der Waals surface area contributed by atoms with Crippen molar-refractivity contribution in [3.63, 3.8) is 0 Å². The van der Waals surface area contributed by atoms with Gasteiger partial charge >= 0.3 is 30.4 Å². The third-order valence-electron chi connectivity index (χ3n) is 6.51. The molecule has 0 saturated carbocycles. The van der Waals surface area contributed by atoms with Gasteiger partial charge in [-0.05, 0) is 68.7 Å². The Morgan fingerprint density at radius 2 is 0.605 bits per heavy atom. The summed E-state index contributed by atoms with van der Waals surface area (Å²) < 4.78 is 94.2. The van der Waals surface area contributed by atoms with Crippen LogP contribution in [0.2, 0.25) is 0 Å². The van der Waals surface area contributed by atoms with Crippen LogP contribution in [0, 0.1) is 0 Å². The van der Waals surface area contributed by atoms with Gasteiger partial charge in [0.15, 0.2) is 0 Å². The van der Waals surface area contributed by atoms with Crippen LogP contribution in [-0.2, 0) is 43.2 Å². The third-order valence-corrected chi connectivity index (χ3v) is 9.95. The first-order valence-electron chi connectivity index (χ1n) is 12.6. The summed E-state index contributed by atoms with van der Waals surface area (Å²) in [6.07, 6.45) is 0. The minimum atomic E-state index is -4.88. The maximum absolute atomic E-state index is 13.3. The molecule has 6 rings (SSSR count). The van der Waals surface area contributed by atoms with Crippen LogP contribution in [0.3, 0.4) is 0 Å². The van der Waals surface area contributed by atoms with Crippen molar-refractivity contribution in [1.29, 1.82) is 0 Å². The van der Waals surface area contributed by atoms with Gasteiger partial charge in [-0.2, -0.15) is 25.3 Å². The molecule has 13 heteroatoms. The quantitative estimate of drug-likeness (QED) is 0.182. The van der Waals surface area contributed by atoms with E-state index in [9.17, 15) is 25.3 Å². The van der Waals surface area contributed by atoms with Crippen molar-refractivity contribution in [1.82, 2.24) is 5.39 Å². The van der Waals surface area contributed by atoms with Gasteiger partial charge in [0.1, 0.15) is 5.39 Å². The molecule has 0 aliphatic heterocycles. The Kier molecular flexibility index (Phi) is 7.48. The monoisotopic (exact) mass is 635 g/mol. The van der Waals surface area contributed by atoms with Gasteiger partial charge in [-0.15, -0.1) is 12.9 Å². The van der Waals surface area contributed by atoms with Crippen LogP contribution in [0.5, 0.6) is 0 Å². The largest absolute Gasteiger partial charge is 0.316 e. The Hall–Kier alpha value is -4.21. The molecule has 0 aromatic heterocycles. The smallest absolute Gasteiger partial charge is 0.192 e. The molecule has 0 heterocycles. The highest BCUT2D eigenvalue weighted by Gasteiger charge is 2.33. The summed E-state index contributed by atoms with van der Waals surface area (Å²) in [4.78, 5) is -1.22. The van der Waals surface area contributed by atoms with Gasteiger partial charge in [0.2, 0.25) is 0 Å². The molecule has 0 bridgehead atoms. The van der Waals surface area contributed by atoms with E-state index in [0.29, 0.717) is 16.2 Å². The minimum Gasteiger partial charge on any atom is -0.192 e. The highest BCUT2D eigenvalue weighted by molar-refractivity contribution is 7.88. The van der Waals surface area contributed by atoms with Crippen LogP contribution < -0.4 is 0 Å². The second kappa shape index (κ2) is 11.1. The summed E-state index contributed by atoms with van der Waals surface area (Å²) in [6.45, 7) is 0. The lowest BCUT2D eigenvalue weighted by molar-refractivity contribution is -0.403. The fourth-order valence-electron chi connectivity index (χ4n) is 4.38. The molecule has 0 N–H and O–H groups in total. The zero-order valence-electron chi connectivity index (χ0n) is 22.0. The molecule has 0 spiro atoms. The number of nitrogens with zero attached hydrogens (tertiary/aromatic N) is 1. The van der Waals surface area contributed by atoms with Crippen LogP contribution in [-0.4, -0.2) is 30.6 Å². The molecule has 0 saturated heterocycles. The van der Waals surface area contributed by atoms with Crippen molar-refractivity contribution in [3.8, 4) is 0 Å². The first-order chi connectivity index (χ1) is 20.5. The lowest BCUT2D eigenvalue weighted by Crippen LogP contribution is -2.33. The van der Waals surface area contributed by atoms with Crippen LogP contribution >= 0.6 is 0 Å². The molecule has 0 fully saturated rings.